The summed E-state index contributed by atoms with van der Waals surface area (Å²) in [7, 11) is 3.08. The third-order valence-corrected chi connectivity index (χ3v) is 15.0. The van der Waals surface area contributed by atoms with E-state index in [0.717, 1.165) is 65.0 Å². The van der Waals surface area contributed by atoms with Crippen LogP contribution < -0.4 is 45.1 Å². The zero-order valence-electron chi connectivity index (χ0n) is 48.1. The van der Waals surface area contributed by atoms with E-state index in [4.69, 9.17) is 44.2 Å². The van der Waals surface area contributed by atoms with Crippen molar-refractivity contribution in [3.8, 4) is 34.5 Å². The van der Waals surface area contributed by atoms with Crippen LogP contribution in [0.25, 0.3) is 0 Å². The van der Waals surface area contributed by atoms with Crippen molar-refractivity contribution in [3.05, 3.63) is 119 Å². The summed E-state index contributed by atoms with van der Waals surface area (Å²) >= 11 is 0. The number of hydrazine groups is 1. The van der Waals surface area contributed by atoms with Gasteiger partial charge in [-0.25, -0.2) is 11.3 Å². The minimum atomic E-state index is -0.378. The summed E-state index contributed by atoms with van der Waals surface area (Å²) in [5.74, 6) is 5.48. The second-order valence-electron chi connectivity index (χ2n) is 20.8. The number of hydrogen-bond donors (Lipinski definition) is 3. The molecule has 6 heterocycles. The Labute approximate surface area is 496 Å². The molecule has 0 radical (unpaired) electrons. The maximum Gasteiger partial charge on any atom is 0.256 e. The smallest absolute Gasteiger partial charge is 0.256 e. The van der Waals surface area contributed by atoms with Crippen molar-refractivity contribution < 1.29 is 66.8 Å². The molecule has 6 aliphatic heterocycles. The molecular formula is C62H68N10O14. The van der Waals surface area contributed by atoms with E-state index < -0.39 is 0 Å². The fourth-order valence-corrected chi connectivity index (χ4v) is 10.4. The predicted molar refractivity (Wildman–Crippen MR) is 315 cm³/mol. The minimum Gasteiger partial charge on any atom is -0.493 e. The fraction of sp³-hybridized carbons (Fsp3) is 0.371. The normalized spacial score (nSPS) is 17.7. The van der Waals surface area contributed by atoms with E-state index in [-0.39, 0.29) is 112 Å². The predicted octanol–water partition coefficient (Wildman–Crippen LogP) is 5.97. The van der Waals surface area contributed by atoms with Gasteiger partial charge in [0.2, 0.25) is 11.8 Å². The first-order valence-corrected chi connectivity index (χ1v) is 28.5. The van der Waals surface area contributed by atoms with Crippen molar-refractivity contribution in [2.24, 2.45) is 20.9 Å². The zero-order chi connectivity index (χ0) is 60.7. The van der Waals surface area contributed by atoms with Crippen LogP contribution in [0.2, 0.25) is 0 Å². The topological polar surface area (TPSA) is 292 Å². The second kappa shape index (κ2) is 28.7. The molecule has 86 heavy (non-hydrogen) atoms. The quantitative estimate of drug-likeness (QED) is 0.0193. The van der Waals surface area contributed by atoms with E-state index in [9.17, 15) is 38.4 Å². The fourth-order valence-electron chi connectivity index (χ4n) is 10.4. The van der Waals surface area contributed by atoms with E-state index >= 15 is 0 Å². The molecule has 6 aliphatic rings. The summed E-state index contributed by atoms with van der Waals surface area (Å²) in [6.07, 6.45) is 15.4. The van der Waals surface area contributed by atoms with Crippen LogP contribution in [0.5, 0.6) is 34.5 Å². The summed E-state index contributed by atoms with van der Waals surface area (Å²) in [5, 5.41) is 4.20. The Hall–Kier alpha value is -9.71. The molecule has 10 rings (SSSR count). The number of ether oxygens (including phenoxy) is 6. The van der Waals surface area contributed by atoms with Crippen LogP contribution in [0.1, 0.15) is 109 Å². The van der Waals surface area contributed by atoms with Gasteiger partial charge in [0.25, 0.3) is 35.4 Å². The maximum atomic E-state index is 13.6. The first kappa shape index (κ1) is 60.9. The number of nitrogens with one attached hydrogen (secondary N) is 2. The van der Waals surface area contributed by atoms with Crippen LogP contribution in [0.4, 0.5) is 11.4 Å². The Morgan fingerprint density at radius 3 is 1.51 bits per heavy atom. The highest BCUT2D eigenvalue weighted by atomic mass is 16.5. The van der Waals surface area contributed by atoms with Crippen LogP contribution in [0.3, 0.4) is 0 Å². The summed E-state index contributed by atoms with van der Waals surface area (Å²) in [6, 6.07) is 19.8. The first-order valence-electron chi connectivity index (χ1n) is 28.5. The van der Waals surface area contributed by atoms with Gasteiger partial charge in [0.05, 0.1) is 54.5 Å². The summed E-state index contributed by atoms with van der Waals surface area (Å²) in [6.45, 7) is 4.17. The lowest BCUT2D eigenvalue weighted by Gasteiger charge is -2.32. The monoisotopic (exact) mass is 1180 g/mol. The van der Waals surface area contributed by atoms with Crippen LogP contribution in [-0.2, 0) is 42.0 Å². The molecule has 8 amide bonds. The number of rotatable bonds is 23. The lowest BCUT2D eigenvalue weighted by Crippen LogP contribution is -2.43. The number of aliphatic imine (C=N–C) groups is 2. The number of hydrazone groups is 1. The molecule has 2 fully saturated rings. The van der Waals surface area contributed by atoms with Crippen LogP contribution in [0.15, 0.2) is 106 Å². The molecule has 0 aliphatic carbocycles. The number of piperidine rings is 2. The number of imide groups is 2. The van der Waals surface area contributed by atoms with Crippen molar-refractivity contribution in [3.63, 3.8) is 0 Å². The maximum absolute atomic E-state index is 13.6. The molecule has 2 atom stereocenters. The molecule has 0 unspecified atom stereocenters. The number of hydrogen-bond acceptors (Lipinski definition) is 18. The lowest BCUT2D eigenvalue weighted by atomic mass is 10.0. The standard InChI is InChI=1S/C54H57N7O11.C8H11N3O3/c1-34(57-58-50(62)11-8-20-61-51(63)16-17-52(61)64)37-12-14-40(15-13-37)69-21-22-70-41-24-35(32-71-48-28-44-42(26-46(48)67-2)53(65)59-18-6-4-9-38(59)30-55-44)23-36(25-41)33-72-49-29-45-43(27-47(49)68-3)54(66)60-19-7-5-10-39(60)31-56-45;9-10-6(12)2-1-5-11-7(13)3-4-8(11)14/h12-17,23-31,38-39H,4-11,18-22,32-33H2,1-3H3,(H,58,62);3-4H,1-2,5,9H2,(H,10,12)/b57-34+;/t38-,39-;/m0./s1. The molecule has 0 spiro atoms. The molecule has 4 aromatic rings. The van der Waals surface area contributed by atoms with Gasteiger partial charge in [-0.2, -0.15) is 5.10 Å². The van der Waals surface area contributed by atoms with Crippen LogP contribution in [-0.4, -0.2) is 151 Å². The molecule has 4 N–H and O–H groups in total. The highest BCUT2D eigenvalue weighted by Crippen LogP contribution is 2.40. The van der Waals surface area contributed by atoms with Crippen LogP contribution in [0, 0.1) is 0 Å². The molecule has 450 valence electrons. The van der Waals surface area contributed by atoms with E-state index in [1.54, 1.807) is 57.5 Å². The number of fused-ring (bicyclic) bond motifs is 4. The van der Waals surface area contributed by atoms with Gasteiger partial charge in [0.1, 0.15) is 37.9 Å². The van der Waals surface area contributed by atoms with Gasteiger partial charge < -0.3 is 38.2 Å². The van der Waals surface area contributed by atoms with Gasteiger partial charge in [-0.15, -0.1) is 0 Å². The van der Waals surface area contributed by atoms with E-state index in [1.807, 2.05) is 58.0 Å². The molecule has 0 saturated carbocycles. The van der Waals surface area contributed by atoms with Gasteiger partial charge in [0, 0.05) is 87.9 Å². The van der Waals surface area contributed by atoms with Crippen molar-refractivity contribution in [2.45, 2.75) is 96.4 Å². The molecule has 4 aromatic carbocycles. The van der Waals surface area contributed by atoms with Crippen molar-refractivity contribution in [1.82, 2.24) is 30.5 Å². The largest absolute Gasteiger partial charge is 0.493 e. The van der Waals surface area contributed by atoms with Crippen molar-refractivity contribution in [2.75, 3.05) is 53.6 Å². The lowest BCUT2D eigenvalue weighted by molar-refractivity contribution is -0.138. The Balaban J connectivity index is 0.000000555. The summed E-state index contributed by atoms with van der Waals surface area (Å²) in [4.78, 5) is 111. The number of methoxy groups -OCH3 is 2. The second-order valence-corrected chi connectivity index (χ2v) is 20.8. The molecule has 24 heteroatoms. The third-order valence-electron chi connectivity index (χ3n) is 15.0. The number of amides is 8. The molecule has 0 bridgehead atoms. The van der Waals surface area contributed by atoms with E-state index in [2.05, 4.69) is 10.5 Å². The summed E-state index contributed by atoms with van der Waals surface area (Å²) in [5.41, 5.74) is 9.36. The van der Waals surface area contributed by atoms with Crippen LogP contribution >= 0.6 is 0 Å². The Morgan fingerprint density at radius 2 is 1.05 bits per heavy atom. The first-order chi connectivity index (χ1) is 41.7. The van der Waals surface area contributed by atoms with Gasteiger partial charge in [-0.1, -0.05) is 0 Å². The van der Waals surface area contributed by atoms with Gasteiger partial charge in [-0.3, -0.25) is 63.6 Å². The molecule has 24 nitrogen and oxygen atoms in total. The van der Waals surface area contributed by atoms with Crippen molar-refractivity contribution in [1.29, 1.82) is 0 Å². The zero-order valence-corrected chi connectivity index (χ0v) is 48.1. The van der Waals surface area contributed by atoms with E-state index in [0.29, 0.717) is 88.6 Å². The number of nitrogens with zero attached hydrogens (tertiary/aromatic N) is 7. The van der Waals surface area contributed by atoms with Gasteiger partial charge >= 0.3 is 0 Å². The minimum absolute atomic E-state index is 0.0461. The number of benzene rings is 4. The Bertz CT molecular complexity index is 3250. The highest BCUT2D eigenvalue weighted by molar-refractivity contribution is 6.13. The number of carbonyl (C=O) groups excluding carboxylic acids is 8. The van der Waals surface area contributed by atoms with Crippen molar-refractivity contribution >= 4 is 76.8 Å². The SMILES string of the molecule is COc1cc2c(cc1OCc1cc(COc3cc4c(cc3OC)C(=O)N3CCCC[C@H]3C=N4)cc(OCCOc3ccc(/C(C)=N/NC(=O)CCCN4C(=O)C=CC4=O)cc3)c1)N=C[C@@H]1CCCCN1C2=O.NNC(=O)CCCN1C(=O)C=CC1=O. The third kappa shape index (κ3) is 15.2. The molecule has 0 aromatic heterocycles. The Morgan fingerprint density at radius 1 is 0.581 bits per heavy atom. The summed E-state index contributed by atoms with van der Waals surface area (Å²) < 4.78 is 36.6. The highest BCUT2D eigenvalue weighted by Gasteiger charge is 2.33. The molecular weight excluding hydrogens is 1110 g/mol. The average molecular weight is 1180 g/mol. The average Bonchev–Trinajstić information content (AvgIpc) is 2.07. The van der Waals surface area contributed by atoms with E-state index in [1.165, 1.54) is 24.3 Å². The Kier molecular flexibility index (Phi) is 20.3. The number of nitrogens with two attached hydrogens (primary N) is 1. The molecule has 2 saturated heterocycles. The van der Waals surface area contributed by atoms with Gasteiger partial charge in [0.15, 0.2) is 23.0 Å². The van der Waals surface area contributed by atoms with Gasteiger partial charge in [-0.05, 0) is 130 Å². The number of carbonyl (C=O) groups is 8.